The highest BCUT2D eigenvalue weighted by molar-refractivity contribution is 6.56. The molecule has 0 saturated heterocycles. The van der Waals surface area contributed by atoms with E-state index >= 15 is 0 Å². The van der Waals surface area contributed by atoms with Gasteiger partial charge in [0.05, 0.1) is 56.8 Å². The molecule has 0 atom stereocenters. The summed E-state index contributed by atoms with van der Waals surface area (Å²) < 4.78 is 10.4. The molecule has 0 saturated carbocycles. The van der Waals surface area contributed by atoms with Crippen LogP contribution in [0.5, 0.6) is 11.5 Å². The average Bonchev–Trinajstić information content (AvgIpc) is 3.11. The highest BCUT2D eigenvalue weighted by Gasteiger charge is 2.42. The number of carbonyl (C=O) groups is 3. The zero-order valence-electron chi connectivity index (χ0n) is 17.5. The summed E-state index contributed by atoms with van der Waals surface area (Å²) in [5, 5.41) is 2.20. The van der Waals surface area contributed by atoms with Gasteiger partial charge < -0.3 is 14.8 Å². The van der Waals surface area contributed by atoms with Gasteiger partial charge in [0.25, 0.3) is 17.7 Å². The van der Waals surface area contributed by atoms with Gasteiger partial charge in [-0.05, 0) is 36.4 Å². The Bertz CT molecular complexity index is 1310. The molecule has 34 heavy (non-hydrogen) atoms. The van der Waals surface area contributed by atoms with Crippen LogP contribution in [0, 0.1) is 0 Å². The molecule has 0 aliphatic carbocycles. The van der Waals surface area contributed by atoms with Crippen LogP contribution in [0.25, 0.3) is 0 Å². The third-order valence-corrected chi connectivity index (χ3v) is 6.95. The van der Waals surface area contributed by atoms with E-state index in [0.29, 0.717) is 17.2 Å². The molecule has 174 valence electrons. The van der Waals surface area contributed by atoms with E-state index < -0.39 is 17.7 Å². The Morgan fingerprint density at radius 1 is 0.794 bits per heavy atom. The molecule has 0 aromatic heterocycles. The third-order valence-electron chi connectivity index (χ3n) is 5.14. The predicted octanol–water partition coefficient (Wildman–Crippen LogP) is 6.37. The summed E-state index contributed by atoms with van der Waals surface area (Å²) in [7, 11) is 2.99. The molecule has 0 fully saturated rings. The molecule has 3 aromatic carbocycles. The number of hydrogen-bond acceptors (Lipinski definition) is 5. The first-order chi connectivity index (χ1) is 16.2. The van der Waals surface area contributed by atoms with E-state index in [9.17, 15) is 14.4 Å². The Kier molecular flexibility index (Phi) is 6.64. The van der Waals surface area contributed by atoms with Crippen molar-refractivity contribution >= 4 is 75.5 Å². The summed E-state index contributed by atoms with van der Waals surface area (Å²) in [6, 6.07) is 10.8. The van der Waals surface area contributed by atoms with Crippen molar-refractivity contribution in [2.24, 2.45) is 0 Å². The van der Waals surface area contributed by atoms with Crippen LogP contribution in [0.4, 0.5) is 11.4 Å². The van der Waals surface area contributed by atoms with Crippen molar-refractivity contribution < 1.29 is 23.9 Å². The zero-order valence-corrected chi connectivity index (χ0v) is 20.6. The summed E-state index contributed by atoms with van der Waals surface area (Å²) in [5.74, 6) is -0.866. The second kappa shape index (κ2) is 9.35. The SMILES string of the molecule is COc1ccc(OC)c(NC(=O)c2ccc(N3C(=O)c4c(Cl)c(Cl)c(Cl)c(Cl)c4C3=O)cc2)c1. The van der Waals surface area contributed by atoms with E-state index in [1.165, 1.54) is 38.5 Å². The number of carbonyl (C=O) groups excluding carboxylic acids is 3. The Hall–Kier alpha value is -2.97. The first-order valence-corrected chi connectivity index (χ1v) is 11.1. The number of rotatable bonds is 5. The second-order valence-corrected chi connectivity index (χ2v) is 8.53. The van der Waals surface area contributed by atoms with Gasteiger partial charge in [-0.1, -0.05) is 46.4 Å². The molecule has 1 aliphatic heterocycles. The number of nitrogens with one attached hydrogen (secondary N) is 1. The van der Waals surface area contributed by atoms with E-state index in [2.05, 4.69) is 5.32 Å². The molecule has 3 amide bonds. The number of halogens is 4. The molecular formula is C23H14Cl4N2O5. The Balaban J connectivity index is 1.62. The van der Waals surface area contributed by atoms with Crippen LogP contribution in [0.1, 0.15) is 31.1 Å². The van der Waals surface area contributed by atoms with E-state index in [1.807, 2.05) is 0 Å². The second-order valence-electron chi connectivity index (χ2n) is 7.02. The Morgan fingerprint density at radius 2 is 1.35 bits per heavy atom. The van der Waals surface area contributed by atoms with Crippen LogP contribution < -0.4 is 19.7 Å². The number of methoxy groups -OCH3 is 2. The van der Waals surface area contributed by atoms with Crippen LogP contribution >= 0.6 is 46.4 Å². The third kappa shape index (κ3) is 3.95. The number of benzene rings is 3. The standard InChI is InChI=1S/C23H14Cl4N2O5/c1-33-12-7-8-14(34-2)13(9-12)28-21(30)10-3-5-11(6-4-10)29-22(31)15-16(23(29)32)18(25)20(27)19(26)17(15)24/h3-9H,1-2H3,(H,28,30). The fourth-order valence-electron chi connectivity index (χ4n) is 3.45. The fourth-order valence-corrected chi connectivity index (χ4v) is 4.47. The number of nitrogens with zero attached hydrogens (tertiary/aromatic N) is 1. The van der Waals surface area contributed by atoms with Gasteiger partial charge in [0, 0.05) is 11.6 Å². The lowest BCUT2D eigenvalue weighted by atomic mass is 10.1. The molecule has 0 unspecified atom stereocenters. The van der Waals surface area contributed by atoms with E-state index in [1.54, 1.807) is 18.2 Å². The van der Waals surface area contributed by atoms with Crippen molar-refractivity contribution in [1.82, 2.24) is 0 Å². The summed E-state index contributed by atoms with van der Waals surface area (Å²) in [5.41, 5.74) is 0.638. The molecule has 0 spiro atoms. The minimum absolute atomic E-state index is 0.116. The van der Waals surface area contributed by atoms with Crippen molar-refractivity contribution in [3.63, 3.8) is 0 Å². The van der Waals surface area contributed by atoms with Gasteiger partial charge in [0.1, 0.15) is 11.5 Å². The minimum Gasteiger partial charge on any atom is -0.497 e. The first-order valence-electron chi connectivity index (χ1n) is 9.57. The normalized spacial score (nSPS) is 12.6. The quantitative estimate of drug-likeness (QED) is 0.231. The van der Waals surface area contributed by atoms with Crippen LogP contribution in [0.15, 0.2) is 42.5 Å². The van der Waals surface area contributed by atoms with Crippen LogP contribution in [0.2, 0.25) is 20.1 Å². The first kappa shape index (κ1) is 24.2. The lowest BCUT2D eigenvalue weighted by molar-refractivity contribution is 0.0925. The molecular weight excluding hydrogens is 526 g/mol. The molecule has 11 heteroatoms. The maximum atomic E-state index is 13.0. The summed E-state index contributed by atoms with van der Waals surface area (Å²) in [6.45, 7) is 0. The van der Waals surface area contributed by atoms with Crippen LogP contribution in [-0.4, -0.2) is 31.9 Å². The van der Waals surface area contributed by atoms with Crippen molar-refractivity contribution in [1.29, 1.82) is 0 Å². The van der Waals surface area contributed by atoms with Gasteiger partial charge in [-0.3, -0.25) is 14.4 Å². The summed E-state index contributed by atoms with van der Waals surface area (Å²) in [6.07, 6.45) is 0. The molecule has 0 radical (unpaired) electrons. The molecule has 1 aliphatic rings. The maximum absolute atomic E-state index is 13.0. The number of imide groups is 1. The fraction of sp³-hybridized carbons (Fsp3) is 0.0870. The Labute approximate surface area is 214 Å². The molecule has 3 aromatic rings. The van der Waals surface area contributed by atoms with Gasteiger partial charge >= 0.3 is 0 Å². The number of fused-ring (bicyclic) bond motifs is 1. The predicted molar refractivity (Wildman–Crippen MR) is 132 cm³/mol. The molecule has 4 rings (SSSR count). The highest BCUT2D eigenvalue weighted by atomic mass is 35.5. The molecule has 7 nitrogen and oxygen atoms in total. The number of amides is 3. The lowest BCUT2D eigenvalue weighted by Gasteiger charge is -2.15. The van der Waals surface area contributed by atoms with Gasteiger partial charge in [-0.2, -0.15) is 0 Å². The van der Waals surface area contributed by atoms with Gasteiger partial charge in [0.15, 0.2) is 0 Å². The number of ether oxygens (including phenoxy) is 2. The molecule has 1 N–H and O–H groups in total. The monoisotopic (exact) mass is 538 g/mol. The van der Waals surface area contributed by atoms with Crippen molar-refractivity contribution in [3.05, 3.63) is 79.2 Å². The highest BCUT2D eigenvalue weighted by Crippen LogP contribution is 2.45. The van der Waals surface area contributed by atoms with Gasteiger partial charge in [-0.15, -0.1) is 0 Å². The maximum Gasteiger partial charge on any atom is 0.267 e. The van der Waals surface area contributed by atoms with Gasteiger partial charge in [-0.25, -0.2) is 4.90 Å². The minimum atomic E-state index is -0.705. The number of anilines is 2. The van der Waals surface area contributed by atoms with E-state index in [4.69, 9.17) is 55.9 Å². The topological polar surface area (TPSA) is 84.9 Å². The van der Waals surface area contributed by atoms with Crippen molar-refractivity contribution in [2.75, 3.05) is 24.4 Å². The Morgan fingerprint density at radius 3 is 1.85 bits per heavy atom. The van der Waals surface area contributed by atoms with E-state index in [0.717, 1.165) is 4.90 Å². The molecule has 0 bridgehead atoms. The number of hydrogen-bond donors (Lipinski definition) is 1. The van der Waals surface area contributed by atoms with Crippen LogP contribution in [-0.2, 0) is 0 Å². The zero-order chi connectivity index (χ0) is 24.7. The lowest BCUT2D eigenvalue weighted by Crippen LogP contribution is -2.29. The smallest absolute Gasteiger partial charge is 0.267 e. The van der Waals surface area contributed by atoms with Crippen LogP contribution in [0.3, 0.4) is 0 Å². The largest absolute Gasteiger partial charge is 0.497 e. The average molecular weight is 540 g/mol. The molecule has 1 heterocycles. The summed E-state index contributed by atoms with van der Waals surface area (Å²) >= 11 is 24.4. The van der Waals surface area contributed by atoms with Gasteiger partial charge in [0.2, 0.25) is 0 Å². The van der Waals surface area contributed by atoms with Crippen molar-refractivity contribution in [2.45, 2.75) is 0 Å². The summed E-state index contributed by atoms with van der Waals surface area (Å²) in [4.78, 5) is 39.6. The van der Waals surface area contributed by atoms with E-state index in [-0.39, 0.29) is 42.5 Å². The van der Waals surface area contributed by atoms with Crippen molar-refractivity contribution in [3.8, 4) is 11.5 Å².